The van der Waals surface area contributed by atoms with E-state index >= 15 is 0 Å². The van der Waals surface area contributed by atoms with Crippen molar-refractivity contribution in [1.29, 1.82) is 0 Å². The van der Waals surface area contributed by atoms with Crippen LogP contribution in [0.15, 0.2) is 83.7 Å². The Morgan fingerprint density at radius 1 is 1.25 bits per heavy atom. The number of amides is 2. The minimum atomic E-state index is -1.06. The molecule has 9 heteroatoms. The van der Waals surface area contributed by atoms with Crippen molar-refractivity contribution in [2.45, 2.75) is 13.3 Å². The molecule has 0 saturated carbocycles. The number of nitrogens with one attached hydrogen (secondary N) is 1. The van der Waals surface area contributed by atoms with Crippen molar-refractivity contribution in [1.82, 2.24) is 9.78 Å². The Morgan fingerprint density at radius 2 is 1.97 bits per heavy atom. The van der Waals surface area contributed by atoms with Crippen molar-refractivity contribution >= 4 is 29.2 Å². The van der Waals surface area contributed by atoms with Gasteiger partial charge in [0.05, 0.1) is 28.8 Å². The first-order valence-corrected chi connectivity index (χ1v) is 9.62. The molecule has 1 aliphatic heterocycles. The molecular weight excluding hydrogens is 410 g/mol. The molecule has 0 bridgehead atoms. The molecule has 3 rings (SSSR count). The maximum Gasteiger partial charge on any atom is 0.335 e. The van der Waals surface area contributed by atoms with Crippen LogP contribution in [0.5, 0.6) is 0 Å². The molecule has 1 aromatic carbocycles. The van der Waals surface area contributed by atoms with Crippen LogP contribution in [-0.2, 0) is 4.79 Å². The topological polar surface area (TPSA) is 140 Å². The van der Waals surface area contributed by atoms with Crippen LogP contribution < -0.4 is 11.1 Å². The van der Waals surface area contributed by atoms with E-state index in [1.165, 1.54) is 35.1 Å². The quantitative estimate of drug-likeness (QED) is 0.551. The normalized spacial score (nSPS) is 13.6. The highest BCUT2D eigenvalue weighted by atomic mass is 16.4. The summed E-state index contributed by atoms with van der Waals surface area (Å²) >= 11 is 0. The molecule has 0 radical (unpaired) electrons. The largest absolute Gasteiger partial charge is 0.478 e. The number of carboxylic acids is 1. The lowest BCUT2D eigenvalue weighted by Gasteiger charge is -2.03. The van der Waals surface area contributed by atoms with E-state index in [9.17, 15) is 14.4 Å². The van der Waals surface area contributed by atoms with Gasteiger partial charge in [0.25, 0.3) is 11.8 Å². The maximum atomic E-state index is 12.7. The molecule has 0 fully saturated rings. The number of hydrogen-bond donors (Lipinski definition) is 3. The number of carbonyl (C=O) groups is 3. The summed E-state index contributed by atoms with van der Waals surface area (Å²) in [6.45, 7) is 5.57. The van der Waals surface area contributed by atoms with E-state index in [2.05, 4.69) is 22.0 Å². The zero-order valence-electron chi connectivity index (χ0n) is 17.3. The van der Waals surface area contributed by atoms with Gasteiger partial charge in [0, 0.05) is 6.42 Å². The van der Waals surface area contributed by atoms with E-state index in [4.69, 9.17) is 10.8 Å². The predicted molar refractivity (Wildman–Crippen MR) is 121 cm³/mol. The molecule has 9 nitrogen and oxygen atoms in total. The molecule has 2 amide bonds. The molecule has 0 aliphatic carbocycles. The molecule has 4 N–H and O–H groups in total. The van der Waals surface area contributed by atoms with Gasteiger partial charge in [-0.25, -0.2) is 14.5 Å². The number of rotatable bonds is 8. The van der Waals surface area contributed by atoms with Gasteiger partial charge in [-0.3, -0.25) is 9.59 Å². The third kappa shape index (κ3) is 4.78. The first-order chi connectivity index (χ1) is 15.3. The molecule has 0 saturated heterocycles. The van der Waals surface area contributed by atoms with Crippen molar-refractivity contribution in [3.05, 3.63) is 89.9 Å². The van der Waals surface area contributed by atoms with E-state index < -0.39 is 17.8 Å². The monoisotopic (exact) mass is 431 g/mol. The van der Waals surface area contributed by atoms with Crippen molar-refractivity contribution < 1.29 is 19.5 Å². The number of carboxylic acid groups (broad SMARTS) is 1. The lowest BCUT2D eigenvalue weighted by molar-refractivity contribution is -0.112. The van der Waals surface area contributed by atoms with Crippen LogP contribution in [0.1, 0.15) is 34.2 Å². The van der Waals surface area contributed by atoms with Crippen LogP contribution >= 0.6 is 0 Å². The fourth-order valence-corrected chi connectivity index (χ4v) is 3.03. The fraction of sp³-hybridized carbons (Fsp3) is 0.0870. The summed E-state index contributed by atoms with van der Waals surface area (Å²) in [5, 5.41) is 15.8. The van der Waals surface area contributed by atoms with Crippen LogP contribution in [-0.4, -0.2) is 38.4 Å². The molecule has 2 aromatic rings. The Kier molecular flexibility index (Phi) is 6.59. The van der Waals surface area contributed by atoms with Crippen LogP contribution in [0.2, 0.25) is 0 Å². The molecule has 0 spiro atoms. The molecule has 1 aliphatic rings. The van der Waals surface area contributed by atoms with E-state index in [1.54, 1.807) is 18.2 Å². The van der Waals surface area contributed by atoms with Crippen LogP contribution in [0.25, 0.3) is 5.69 Å². The molecule has 1 aromatic heterocycles. The average molecular weight is 431 g/mol. The number of primary amides is 1. The van der Waals surface area contributed by atoms with E-state index in [0.29, 0.717) is 12.1 Å². The van der Waals surface area contributed by atoms with Crippen LogP contribution in [0.4, 0.5) is 5.69 Å². The highest BCUT2D eigenvalue weighted by Gasteiger charge is 2.21. The Morgan fingerprint density at radius 3 is 2.56 bits per heavy atom. The summed E-state index contributed by atoms with van der Waals surface area (Å²) in [5.41, 5.74) is 7.76. The standard InChI is InChI=1S/C23H21N5O4/c1-3-5-14(6-4-2)17-11-12-18(25-17)22(30)26-19-13-28(27-20(19)21(24)29)16-9-7-15(8-10-16)23(31)32/h3-10,12-13H,1,11H2,2H3,(H2,24,29)(H,26,30)(H,31,32)/b6-4-,14-5+. The molecule has 32 heavy (non-hydrogen) atoms. The zero-order chi connectivity index (χ0) is 23.3. The Balaban J connectivity index is 1.85. The van der Waals surface area contributed by atoms with Gasteiger partial charge in [-0.05, 0) is 42.8 Å². The van der Waals surface area contributed by atoms with Gasteiger partial charge in [0.1, 0.15) is 5.70 Å². The summed E-state index contributed by atoms with van der Waals surface area (Å²) in [4.78, 5) is 40.0. The summed E-state index contributed by atoms with van der Waals surface area (Å²) in [5.74, 6) is -2.40. The van der Waals surface area contributed by atoms with E-state index in [-0.39, 0.29) is 22.6 Å². The number of aromatic nitrogens is 2. The summed E-state index contributed by atoms with van der Waals surface area (Å²) in [6, 6.07) is 5.86. The van der Waals surface area contributed by atoms with Gasteiger partial charge in [-0.1, -0.05) is 30.9 Å². The van der Waals surface area contributed by atoms with Crippen molar-refractivity contribution in [2.75, 3.05) is 5.32 Å². The van der Waals surface area contributed by atoms with E-state index in [0.717, 1.165) is 11.3 Å². The van der Waals surface area contributed by atoms with Gasteiger partial charge < -0.3 is 16.2 Å². The molecular formula is C23H21N5O4. The minimum absolute atomic E-state index is 0.106. The minimum Gasteiger partial charge on any atom is -0.478 e. The van der Waals surface area contributed by atoms with Crippen LogP contribution in [0.3, 0.4) is 0 Å². The first-order valence-electron chi connectivity index (χ1n) is 9.62. The molecule has 0 atom stereocenters. The SMILES string of the molecule is C=C/C=C(\C=C/C)C1=NC(C(=O)Nc2cn(-c3ccc(C(=O)O)cc3)nc2C(N)=O)=CC1. The number of benzene rings is 1. The summed E-state index contributed by atoms with van der Waals surface area (Å²) in [7, 11) is 0. The second kappa shape index (κ2) is 9.52. The number of anilines is 1. The maximum absolute atomic E-state index is 12.7. The number of hydrogen-bond acceptors (Lipinski definition) is 5. The number of aromatic carboxylic acids is 1. The van der Waals surface area contributed by atoms with Gasteiger partial charge in [-0.15, -0.1) is 0 Å². The number of carbonyl (C=O) groups excluding carboxylic acids is 2. The highest BCUT2D eigenvalue weighted by Crippen LogP contribution is 2.22. The highest BCUT2D eigenvalue weighted by molar-refractivity contribution is 6.13. The summed E-state index contributed by atoms with van der Waals surface area (Å²) < 4.78 is 1.33. The first kappa shape index (κ1) is 22.2. The Bertz CT molecular complexity index is 1210. The lowest BCUT2D eigenvalue weighted by Crippen LogP contribution is -2.18. The third-order valence-electron chi connectivity index (χ3n) is 4.53. The second-order valence-corrected chi connectivity index (χ2v) is 6.72. The molecule has 162 valence electrons. The summed E-state index contributed by atoms with van der Waals surface area (Å²) in [6.07, 6.45) is 10.8. The van der Waals surface area contributed by atoms with Gasteiger partial charge in [-0.2, -0.15) is 5.10 Å². The Labute approximate surface area is 184 Å². The fourth-order valence-electron chi connectivity index (χ4n) is 3.03. The van der Waals surface area contributed by atoms with Crippen molar-refractivity contribution in [3.8, 4) is 5.69 Å². The van der Waals surface area contributed by atoms with Crippen LogP contribution in [0, 0.1) is 0 Å². The molecule has 0 unspecified atom stereocenters. The number of nitrogens with zero attached hydrogens (tertiary/aromatic N) is 3. The van der Waals surface area contributed by atoms with Gasteiger partial charge in [0.2, 0.25) is 0 Å². The predicted octanol–water partition coefficient (Wildman–Crippen LogP) is 3.03. The van der Waals surface area contributed by atoms with Gasteiger partial charge in [0.15, 0.2) is 5.69 Å². The lowest BCUT2D eigenvalue weighted by atomic mass is 10.1. The number of nitrogens with two attached hydrogens (primary N) is 1. The zero-order valence-corrected chi connectivity index (χ0v) is 17.3. The number of allylic oxidation sites excluding steroid dienone is 6. The molecule has 2 heterocycles. The van der Waals surface area contributed by atoms with E-state index in [1.807, 2.05) is 19.1 Å². The second-order valence-electron chi connectivity index (χ2n) is 6.72. The van der Waals surface area contributed by atoms with Crippen molar-refractivity contribution in [2.24, 2.45) is 10.7 Å². The average Bonchev–Trinajstić information content (AvgIpc) is 3.41. The Hall–Kier alpha value is -4.53. The third-order valence-corrected chi connectivity index (χ3v) is 4.53. The smallest absolute Gasteiger partial charge is 0.335 e. The number of aliphatic imine (C=N–C) groups is 1. The van der Waals surface area contributed by atoms with Crippen molar-refractivity contribution in [3.63, 3.8) is 0 Å². The van der Waals surface area contributed by atoms with Gasteiger partial charge >= 0.3 is 5.97 Å².